The summed E-state index contributed by atoms with van der Waals surface area (Å²) in [5, 5.41) is 6.60. The van der Waals surface area contributed by atoms with Crippen molar-refractivity contribution in [3.63, 3.8) is 0 Å². The number of hydrogen-bond donors (Lipinski definition) is 1. The minimum Gasteiger partial charge on any atom is -0.296 e. The fourth-order valence-corrected chi connectivity index (χ4v) is 4.01. The number of benzene rings is 2. The van der Waals surface area contributed by atoms with Crippen molar-refractivity contribution in [2.75, 3.05) is 0 Å². The third-order valence-corrected chi connectivity index (χ3v) is 5.15. The molecule has 0 radical (unpaired) electrons. The molecule has 6 heteroatoms. The Hall–Kier alpha value is -2.99. The second-order valence-corrected chi connectivity index (χ2v) is 6.39. The summed E-state index contributed by atoms with van der Waals surface area (Å²) in [6.07, 6.45) is 3.09. The molecular formula is C17H10N4OS. The second-order valence-electron chi connectivity index (χ2n) is 5.31. The van der Waals surface area contributed by atoms with Gasteiger partial charge in [-0.2, -0.15) is 9.61 Å². The fraction of sp³-hybridized carbons (Fsp3) is 0. The molecule has 0 aliphatic heterocycles. The third-order valence-electron chi connectivity index (χ3n) is 4.00. The number of aromatic nitrogens is 4. The largest absolute Gasteiger partial charge is 0.349 e. The molecule has 0 saturated carbocycles. The third kappa shape index (κ3) is 1.75. The lowest BCUT2D eigenvalue weighted by Gasteiger charge is -1.99. The average molecular weight is 318 g/mol. The summed E-state index contributed by atoms with van der Waals surface area (Å²) >= 11 is 1.78. The molecule has 1 N–H and O–H groups in total. The van der Waals surface area contributed by atoms with E-state index in [9.17, 15) is 4.79 Å². The zero-order chi connectivity index (χ0) is 15.4. The minimum absolute atomic E-state index is 0.289. The van der Waals surface area contributed by atoms with E-state index in [1.807, 2.05) is 0 Å². The van der Waals surface area contributed by atoms with Gasteiger partial charge in [-0.1, -0.05) is 24.3 Å². The highest BCUT2D eigenvalue weighted by Crippen LogP contribution is 2.36. The summed E-state index contributed by atoms with van der Waals surface area (Å²) in [4.78, 5) is 18.6. The van der Waals surface area contributed by atoms with E-state index < -0.39 is 0 Å². The van der Waals surface area contributed by atoms with Crippen molar-refractivity contribution in [1.29, 1.82) is 0 Å². The van der Waals surface area contributed by atoms with Gasteiger partial charge in [0, 0.05) is 25.7 Å². The standard InChI is InChI=1S/C17H10N4OS/c22-17-19-9-18-16-13(8-20-21(16)17)10-5-6-15-12(7-10)11-3-1-2-4-14(11)23-15/h1-9H,(H,18,19,22). The lowest BCUT2D eigenvalue weighted by molar-refractivity contribution is 0.840. The van der Waals surface area contributed by atoms with Crippen molar-refractivity contribution in [1.82, 2.24) is 19.6 Å². The summed E-state index contributed by atoms with van der Waals surface area (Å²) in [7, 11) is 0. The Labute approximate surface area is 133 Å². The van der Waals surface area contributed by atoms with E-state index >= 15 is 0 Å². The van der Waals surface area contributed by atoms with Gasteiger partial charge in [-0.3, -0.25) is 4.98 Å². The predicted octanol–water partition coefficient (Wildman–Crippen LogP) is 3.45. The molecular weight excluding hydrogens is 308 g/mol. The number of hydrogen-bond acceptors (Lipinski definition) is 4. The molecule has 5 aromatic rings. The number of H-pyrrole nitrogens is 1. The number of rotatable bonds is 1. The maximum atomic E-state index is 11.8. The van der Waals surface area contributed by atoms with Crippen LogP contribution in [0, 0.1) is 0 Å². The average Bonchev–Trinajstić information content (AvgIpc) is 3.16. The van der Waals surface area contributed by atoms with Crippen LogP contribution in [-0.4, -0.2) is 19.6 Å². The highest BCUT2D eigenvalue weighted by molar-refractivity contribution is 7.25. The van der Waals surface area contributed by atoms with E-state index in [0.29, 0.717) is 5.65 Å². The highest BCUT2D eigenvalue weighted by atomic mass is 32.1. The van der Waals surface area contributed by atoms with Crippen LogP contribution in [0.25, 0.3) is 36.9 Å². The summed E-state index contributed by atoms with van der Waals surface area (Å²) in [6, 6.07) is 14.7. The monoisotopic (exact) mass is 318 g/mol. The van der Waals surface area contributed by atoms with Crippen LogP contribution in [0.1, 0.15) is 0 Å². The van der Waals surface area contributed by atoms with Gasteiger partial charge in [-0.05, 0) is 23.8 Å². The van der Waals surface area contributed by atoms with Crippen molar-refractivity contribution >= 4 is 37.2 Å². The topological polar surface area (TPSA) is 63.0 Å². The molecule has 3 heterocycles. The highest BCUT2D eigenvalue weighted by Gasteiger charge is 2.12. The van der Waals surface area contributed by atoms with Gasteiger partial charge in [0.05, 0.1) is 12.5 Å². The van der Waals surface area contributed by atoms with Gasteiger partial charge in [0.25, 0.3) is 0 Å². The van der Waals surface area contributed by atoms with Gasteiger partial charge < -0.3 is 0 Å². The number of nitrogens with one attached hydrogen (secondary N) is 1. The molecule has 0 aliphatic carbocycles. The molecule has 0 spiro atoms. The smallest absolute Gasteiger partial charge is 0.296 e. The van der Waals surface area contributed by atoms with Gasteiger partial charge in [-0.25, -0.2) is 9.78 Å². The van der Waals surface area contributed by atoms with Gasteiger partial charge in [0.2, 0.25) is 0 Å². The number of fused-ring (bicyclic) bond motifs is 4. The molecule has 2 aromatic carbocycles. The lowest BCUT2D eigenvalue weighted by atomic mass is 10.1. The molecule has 5 rings (SSSR count). The molecule has 0 amide bonds. The van der Waals surface area contributed by atoms with Crippen LogP contribution in [0.3, 0.4) is 0 Å². The van der Waals surface area contributed by atoms with Crippen LogP contribution in [-0.2, 0) is 0 Å². The molecule has 0 unspecified atom stereocenters. The van der Waals surface area contributed by atoms with Crippen LogP contribution < -0.4 is 5.69 Å². The Bertz CT molecular complexity index is 1250. The van der Waals surface area contributed by atoms with Crippen LogP contribution in [0.4, 0.5) is 0 Å². The van der Waals surface area contributed by atoms with Gasteiger partial charge in [0.1, 0.15) is 0 Å². The van der Waals surface area contributed by atoms with Gasteiger partial charge in [-0.15, -0.1) is 11.3 Å². The first-order valence-electron chi connectivity index (χ1n) is 7.14. The zero-order valence-electron chi connectivity index (χ0n) is 11.9. The molecule has 0 atom stereocenters. The molecule has 5 nitrogen and oxygen atoms in total. The molecule has 23 heavy (non-hydrogen) atoms. The molecule has 0 aliphatic rings. The minimum atomic E-state index is -0.289. The summed E-state index contributed by atoms with van der Waals surface area (Å²) in [6.45, 7) is 0. The Morgan fingerprint density at radius 2 is 1.91 bits per heavy atom. The van der Waals surface area contributed by atoms with Crippen molar-refractivity contribution in [3.8, 4) is 11.1 Å². The second kappa shape index (κ2) is 4.50. The maximum absolute atomic E-state index is 11.8. The lowest BCUT2D eigenvalue weighted by Crippen LogP contribution is -2.17. The van der Waals surface area contributed by atoms with E-state index in [1.165, 1.54) is 31.0 Å². The Kier molecular flexibility index (Phi) is 2.46. The molecule has 0 bridgehead atoms. The number of aromatic amines is 1. The molecule has 110 valence electrons. The zero-order valence-corrected chi connectivity index (χ0v) is 12.7. The van der Waals surface area contributed by atoms with E-state index in [-0.39, 0.29) is 5.69 Å². The summed E-state index contributed by atoms with van der Waals surface area (Å²) in [5.74, 6) is 0. The van der Waals surface area contributed by atoms with Crippen LogP contribution in [0.2, 0.25) is 0 Å². The summed E-state index contributed by atoms with van der Waals surface area (Å²) in [5.41, 5.74) is 2.14. The molecule has 0 fully saturated rings. The fourth-order valence-electron chi connectivity index (χ4n) is 2.92. The molecule has 3 aromatic heterocycles. The van der Waals surface area contributed by atoms with Crippen molar-refractivity contribution in [2.45, 2.75) is 0 Å². The van der Waals surface area contributed by atoms with Gasteiger partial charge >= 0.3 is 5.69 Å². The summed E-state index contributed by atoms with van der Waals surface area (Å²) < 4.78 is 3.80. The van der Waals surface area contributed by atoms with Crippen LogP contribution in [0.15, 0.2) is 59.8 Å². The van der Waals surface area contributed by atoms with E-state index in [4.69, 9.17) is 0 Å². The van der Waals surface area contributed by atoms with Crippen molar-refractivity contribution in [2.24, 2.45) is 0 Å². The SMILES string of the molecule is O=c1[nH]cnc2c(-c3ccc4sc5ccccc5c4c3)cnn12. The first kappa shape index (κ1) is 12.5. The van der Waals surface area contributed by atoms with Crippen molar-refractivity contribution < 1.29 is 0 Å². The normalized spacial score (nSPS) is 11.7. The number of thiophene rings is 1. The Balaban J connectivity index is 1.83. The Morgan fingerprint density at radius 1 is 1.04 bits per heavy atom. The van der Waals surface area contributed by atoms with Crippen LogP contribution >= 0.6 is 11.3 Å². The first-order chi connectivity index (χ1) is 11.3. The quantitative estimate of drug-likeness (QED) is 0.515. The number of nitrogens with zero attached hydrogens (tertiary/aromatic N) is 3. The van der Waals surface area contributed by atoms with Crippen molar-refractivity contribution in [3.05, 3.63) is 65.5 Å². The molecule has 0 saturated heterocycles. The Morgan fingerprint density at radius 3 is 2.87 bits per heavy atom. The van der Waals surface area contributed by atoms with Gasteiger partial charge in [0.15, 0.2) is 5.65 Å². The van der Waals surface area contributed by atoms with E-state index in [0.717, 1.165) is 11.1 Å². The first-order valence-corrected chi connectivity index (χ1v) is 7.96. The maximum Gasteiger partial charge on any atom is 0.349 e. The van der Waals surface area contributed by atoms with Crippen LogP contribution in [0.5, 0.6) is 0 Å². The van der Waals surface area contributed by atoms with E-state index in [2.05, 4.69) is 57.5 Å². The predicted molar refractivity (Wildman–Crippen MR) is 91.9 cm³/mol. The van der Waals surface area contributed by atoms with E-state index in [1.54, 1.807) is 17.5 Å².